The highest BCUT2D eigenvalue weighted by molar-refractivity contribution is 5.78. The van der Waals surface area contributed by atoms with Gasteiger partial charge in [0.25, 0.3) is 0 Å². The fourth-order valence-corrected chi connectivity index (χ4v) is 4.27. The molecule has 0 radical (unpaired) electrons. The van der Waals surface area contributed by atoms with Crippen LogP contribution < -0.4 is 5.73 Å². The number of aliphatic imine (C=N–C) groups is 1. The van der Waals surface area contributed by atoms with Crippen molar-refractivity contribution in [3.63, 3.8) is 0 Å². The molecule has 1 aliphatic carbocycles. The molecule has 3 rings (SSSR count). The van der Waals surface area contributed by atoms with Crippen molar-refractivity contribution in [2.45, 2.75) is 56.9 Å². The van der Waals surface area contributed by atoms with Crippen LogP contribution in [0, 0.1) is 0 Å². The van der Waals surface area contributed by atoms with Gasteiger partial charge in [-0.25, -0.2) is 0 Å². The summed E-state index contributed by atoms with van der Waals surface area (Å²) in [5, 5.41) is 0. The van der Waals surface area contributed by atoms with Gasteiger partial charge in [0.05, 0.1) is 19.8 Å². The molecule has 2 aliphatic heterocycles. The van der Waals surface area contributed by atoms with Gasteiger partial charge in [-0.3, -0.25) is 9.89 Å². The first-order chi connectivity index (χ1) is 10.8. The van der Waals surface area contributed by atoms with E-state index in [2.05, 4.69) is 9.80 Å². The molecule has 22 heavy (non-hydrogen) atoms. The molecule has 3 aliphatic rings. The number of hydrogen-bond donors (Lipinski definition) is 1. The Morgan fingerprint density at radius 1 is 0.909 bits per heavy atom. The summed E-state index contributed by atoms with van der Waals surface area (Å²) in [7, 11) is 0. The smallest absolute Gasteiger partial charge is 0.191 e. The van der Waals surface area contributed by atoms with Crippen molar-refractivity contribution in [1.29, 1.82) is 0 Å². The first-order valence-electron chi connectivity index (χ1n) is 9.18. The van der Waals surface area contributed by atoms with E-state index in [1.807, 2.05) is 0 Å². The maximum atomic E-state index is 6.26. The molecule has 0 aromatic carbocycles. The zero-order valence-electron chi connectivity index (χ0n) is 13.9. The zero-order chi connectivity index (χ0) is 15.3. The number of piperidine rings is 1. The molecule has 0 aromatic heterocycles. The quantitative estimate of drug-likeness (QED) is 0.638. The summed E-state index contributed by atoms with van der Waals surface area (Å²) in [5.74, 6) is 0.727. The van der Waals surface area contributed by atoms with Crippen LogP contribution in [-0.4, -0.2) is 67.2 Å². The summed E-state index contributed by atoms with van der Waals surface area (Å²) in [6, 6.07) is 0. The van der Waals surface area contributed by atoms with Gasteiger partial charge in [-0.1, -0.05) is 25.7 Å². The maximum absolute atomic E-state index is 6.26. The Balaban J connectivity index is 1.66. The van der Waals surface area contributed by atoms with Crippen LogP contribution in [0.15, 0.2) is 4.99 Å². The Morgan fingerprint density at radius 2 is 1.55 bits per heavy atom. The normalized spacial score (nSPS) is 27.8. The van der Waals surface area contributed by atoms with Crippen molar-refractivity contribution < 1.29 is 4.74 Å². The lowest BCUT2D eigenvalue weighted by Crippen LogP contribution is -2.55. The van der Waals surface area contributed by atoms with Gasteiger partial charge in [0.15, 0.2) is 5.96 Å². The fraction of sp³-hybridized carbons (Fsp3) is 0.941. The molecular weight excluding hydrogens is 276 g/mol. The monoisotopic (exact) mass is 308 g/mol. The van der Waals surface area contributed by atoms with Crippen molar-refractivity contribution >= 4 is 5.96 Å². The van der Waals surface area contributed by atoms with E-state index in [9.17, 15) is 0 Å². The predicted octanol–water partition coefficient (Wildman–Crippen LogP) is 1.82. The molecule has 0 atom stereocenters. The number of hydrogen-bond acceptors (Lipinski definition) is 3. The first-order valence-corrected chi connectivity index (χ1v) is 9.18. The Bertz CT molecular complexity index is 367. The third-order valence-electron chi connectivity index (χ3n) is 5.68. The van der Waals surface area contributed by atoms with E-state index in [1.165, 1.54) is 64.5 Å². The van der Waals surface area contributed by atoms with Gasteiger partial charge in [-0.15, -0.1) is 0 Å². The largest absolute Gasteiger partial charge is 0.378 e. The second-order valence-electron chi connectivity index (χ2n) is 7.11. The fourth-order valence-electron chi connectivity index (χ4n) is 4.27. The number of ether oxygens (including phenoxy) is 1. The minimum absolute atomic E-state index is 0.287. The van der Waals surface area contributed by atoms with Crippen LogP contribution >= 0.6 is 0 Å². The topological polar surface area (TPSA) is 54.1 Å². The van der Waals surface area contributed by atoms with Crippen LogP contribution in [0.2, 0.25) is 0 Å². The highest BCUT2D eigenvalue weighted by Crippen LogP contribution is 2.35. The molecule has 3 fully saturated rings. The van der Waals surface area contributed by atoms with E-state index in [0.717, 1.165) is 38.8 Å². The third-order valence-corrected chi connectivity index (χ3v) is 5.68. The van der Waals surface area contributed by atoms with E-state index in [0.29, 0.717) is 0 Å². The van der Waals surface area contributed by atoms with Gasteiger partial charge in [0.1, 0.15) is 0 Å². The first kappa shape index (κ1) is 16.1. The lowest BCUT2D eigenvalue weighted by molar-refractivity contribution is 0.0399. The van der Waals surface area contributed by atoms with E-state index in [1.54, 1.807) is 0 Å². The van der Waals surface area contributed by atoms with Crippen LogP contribution in [0.5, 0.6) is 0 Å². The third kappa shape index (κ3) is 3.74. The van der Waals surface area contributed by atoms with E-state index < -0.39 is 0 Å². The lowest BCUT2D eigenvalue weighted by Gasteiger charge is -2.47. The number of morpholine rings is 1. The van der Waals surface area contributed by atoms with Gasteiger partial charge in [0.2, 0.25) is 0 Å². The summed E-state index contributed by atoms with van der Waals surface area (Å²) in [6.07, 6.45) is 10.8. The standard InChI is InChI=1S/C17H32N4O/c18-16(20-11-13-22-14-12-20)19-15-17(7-3-1-4-8-17)21-9-5-2-6-10-21/h1-15H2,(H2,18,19). The number of likely N-dealkylation sites (tertiary alicyclic amines) is 1. The zero-order valence-corrected chi connectivity index (χ0v) is 13.9. The molecule has 0 unspecified atom stereocenters. The summed E-state index contributed by atoms with van der Waals surface area (Å²) in [4.78, 5) is 9.76. The Morgan fingerprint density at radius 3 is 2.23 bits per heavy atom. The summed E-state index contributed by atoms with van der Waals surface area (Å²) in [5.41, 5.74) is 6.54. The summed E-state index contributed by atoms with van der Waals surface area (Å²) >= 11 is 0. The molecule has 0 spiro atoms. The van der Waals surface area contributed by atoms with Crippen molar-refractivity contribution in [2.75, 3.05) is 45.9 Å². The van der Waals surface area contributed by atoms with E-state index in [4.69, 9.17) is 15.5 Å². The Hall–Kier alpha value is -0.810. The maximum Gasteiger partial charge on any atom is 0.191 e. The van der Waals surface area contributed by atoms with Gasteiger partial charge in [-0.2, -0.15) is 0 Å². The minimum atomic E-state index is 0.287. The van der Waals surface area contributed by atoms with Crippen molar-refractivity contribution in [3.05, 3.63) is 0 Å². The highest BCUT2D eigenvalue weighted by atomic mass is 16.5. The second kappa shape index (κ2) is 7.64. The number of nitrogens with zero attached hydrogens (tertiary/aromatic N) is 3. The van der Waals surface area contributed by atoms with Gasteiger partial charge >= 0.3 is 0 Å². The van der Waals surface area contributed by atoms with Crippen LogP contribution in [-0.2, 0) is 4.74 Å². The molecule has 0 aromatic rings. The molecule has 0 amide bonds. The average Bonchev–Trinajstić information content (AvgIpc) is 2.62. The van der Waals surface area contributed by atoms with E-state index in [-0.39, 0.29) is 5.54 Å². The van der Waals surface area contributed by atoms with Crippen LogP contribution in [0.3, 0.4) is 0 Å². The average molecular weight is 308 g/mol. The molecule has 0 bridgehead atoms. The number of nitrogens with two attached hydrogens (primary N) is 1. The van der Waals surface area contributed by atoms with Crippen LogP contribution in [0.1, 0.15) is 51.4 Å². The molecular formula is C17H32N4O. The van der Waals surface area contributed by atoms with E-state index >= 15 is 0 Å². The number of rotatable bonds is 3. The molecule has 2 saturated heterocycles. The summed E-state index contributed by atoms with van der Waals surface area (Å²) in [6.45, 7) is 6.70. The lowest BCUT2D eigenvalue weighted by atomic mass is 9.79. The van der Waals surface area contributed by atoms with Crippen molar-refractivity contribution in [2.24, 2.45) is 10.7 Å². The van der Waals surface area contributed by atoms with Crippen molar-refractivity contribution in [1.82, 2.24) is 9.80 Å². The van der Waals surface area contributed by atoms with Gasteiger partial charge in [-0.05, 0) is 38.8 Å². The molecule has 1 saturated carbocycles. The van der Waals surface area contributed by atoms with Crippen molar-refractivity contribution in [3.8, 4) is 0 Å². The SMILES string of the molecule is NC(=NCC1(N2CCCCC2)CCCCC1)N1CCOCC1. The van der Waals surface area contributed by atoms with Crippen LogP contribution in [0.25, 0.3) is 0 Å². The number of guanidine groups is 1. The molecule has 5 nitrogen and oxygen atoms in total. The molecule has 2 N–H and O–H groups in total. The highest BCUT2D eigenvalue weighted by Gasteiger charge is 2.38. The minimum Gasteiger partial charge on any atom is -0.378 e. The van der Waals surface area contributed by atoms with Gasteiger partial charge in [0, 0.05) is 18.6 Å². The van der Waals surface area contributed by atoms with Gasteiger partial charge < -0.3 is 15.4 Å². The molecule has 2 heterocycles. The summed E-state index contributed by atoms with van der Waals surface area (Å²) < 4.78 is 5.40. The molecule has 5 heteroatoms. The predicted molar refractivity (Wildman–Crippen MR) is 90.1 cm³/mol. The molecule has 126 valence electrons. The second-order valence-corrected chi connectivity index (χ2v) is 7.11. The van der Waals surface area contributed by atoms with Crippen LogP contribution in [0.4, 0.5) is 0 Å². The Labute approximate surface area is 134 Å². The Kier molecular flexibility index (Phi) is 5.58.